The van der Waals surface area contributed by atoms with Crippen LogP contribution in [0.5, 0.6) is 0 Å². The Morgan fingerprint density at radius 1 is 1.14 bits per heavy atom. The number of hydrogen-bond acceptors (Lipinski definition) is 2. The zero-order valence-electron chi connectivity index (χ0n) is 11.7. The van der Waals surface area contributed by atoms with Gasteiger partial charge >= 0.3 is 0 Å². The van der Waals surface area contributed by atoms with Gasteiger partial charge in [0, 0.05) is 8.59 Å². The van der Waals surface area contributed by atoms with E-state index in [0.29, 0.717) is 0 Å². The van der Waals surface area contributed by atoms with Gasteiger partial charge < -0.3 is 0 Å². The van der Waals surface area contributed by atoms with Gasteiger partial charge in [-0.15, -0.1) is 0 Å². The van der Waals surface area contributed by atoms with E-state index in [2.05, 4.69) is 46.2 Å². The van der Waals surface area contributed by atoms with E-state index in [1.807, 2.05) is 18.2 Å². The van der Waals surface area contributed by atoms with Gasteiger partial charge in [-0.05, 0) is 88.7 Å². The van der Waals surface area contributed by atoms with Crippen molar-refractivity contribution in [1.82, 2.24) is 5.43 Å². The van der Waals surface area contributed by atoms with Crippen molar-refractivity contribution < 1.29 is 0 Å². The minimum atomic E-state index is 0.0788. The first kappa shape index (κ1) is 15.3. The third-order valence-corrected chi connectivity index (χ3v) is 5.35. The molecule has 0 fully saturated rings. The van der Waals surface area contributed by atoms with E-state index in [1.165, 1.54) is 39.5 Å². The monoisotopic (exact) mass is 412 g/mol. The summed E-state index contributed by atoms with van der Waals surface area (Å²) in [5, 5.41) is 0.750. The molecule has 0 saturated carbocycles. The molecule has 3 rings (SSSR count). The van der Waals surface area contributed by atoms with Crippen LogP contribution >= 0.6 is 34.2 Å². The molecule has 0 spiro atoms. The van der Waals surface area contributed by atoms with Crippen LogP contribution in [0.1, 0.15) is 34.7 Å². The molecule has 1 aliphatic rings. The quantitative estimate of drug-likeness (QED) is 0.449. The lowest BCUT2D eigenvalue weighted by atomic mass is 9.97. The minimum Gasteiger partial charge on any atom is -0.271 e. The predicted molar refractivity (Wildman–Crippen MR) is 96.4 cm³/mol. The summed E-state index contributed by atoms with van der Waals surface area (Å²) in [4.78, 5) is 0. The highest BCUT2D eigenvalue weighted by atomic mass is 127. The average molecular weight is 413 g/mol. The lowest BCUT2D eigenvalue weighted by molar-refractivity contribution is 0.549. The molecule has 1 aliphatic carbocycles. The Bertz CT molecular complexity index is 657. The second kappa shape index (κ2) is 6.65. The van der Waals surface area contributed by atoms with Gasteiger partial charge in [0.05, 0.1) is 6.04 Å². The third-order valence-electron chi connectivity index (χ3n) is 4.14. The number of fused-ring (bicyclic) bond motifs is 1. The molecule has 4 heteroatoms. The van der Waals surface area contributed by atoms with Gasteiger partial charge in [-0.3, -0.25) is 11.3 Å². The van der Waals surface area contributed by atoms with E-state index in [0.717, 1.165) is 17.0 Å². The molecule has 0 saturated heterocycles. The summed E-state index contributed by atoms with van der Waals surface area (Å²) in [5.74, 6) is 5.79. The Morgan fingerprint density at radius 2 is 1.95 bits per heavy atom. The molecule has 1 unspecified atom stereocenters. The van der Waals surface area contributed by atoms with Crippen molar-refractivity contribution in [3.05, 3.63) is 67.2 Å². The lowest BCUT2D eigenvalue weighted by Gasteiger charge is -2.19. The Hall–Kier alpha value is -0.620. The van der Waals surface area contributed by atoms with Crippen molar-refractivity contribution >= 4 is 34.2 Å². The number of hydrogen-bond donors (Lipinski definition) is 2. The first-order chi connectivity index (χ1) is 10.2. The van der Waals surface area contributed by atoms with E-state index in [1.54, 1.807) is 0 Å². The second-order valence-corrected chi connectivity index (χ2v) is 7.14. The number of halogens is 2. The Balaban J connectivity index is 1.86. The van der Waals surface area contributed by atoms with Crippen LogP contribution < -0.4 is 11.3 Å². The zero-order chi connectivity index (χ0) is 14.8. The summed E-state index contributed by atoms with van der Waals surface area (Å²) in [6, 6.07) is 12.9. The van der Waals surface area contributed by atoms with Gasteiger partial charge in [0.15, 0.2) is 0 Å². The molecular weight excluding hydrogens is 395 g/mol. The van der Waals surface area contributed by atoms with E-state index in [-0.39, 0.29) is 6.04 Å². The molecule has 1 atom stereocenters. The fraction of sp³-hybridized carbons (Fsp3) is 0.294. The maximum atomic E-state index is 6.13. The number of nitrogens with one attached hydrogen (secondary N) is 1. The van der Waals surface area contributed by atoms with E-state index in [9.17, 15) is 0 Å². The van der Waals surface area contributed by atoms with Crippen molar-refractivity contribution in [1.29, 1.82) is 0 Å². The van der Waals surface area contributed by atoms with Crippen molar-refractivity contribution in [2.75, 3.05) is 0 Å². The molecule has 3 N–H and O–H groups in total. The zero-order valence-corrected chi connectivity index (χ0v) is 14.6. The highest BCUT2D eigenvalue weighted by molar-refractivity contribution is 14.1. The van der Waals surface area contributed by atoms with Gasteiger partial charge in [-0.25, -0.2) is 0 Å². The summed E-state index contributed by atoms with van der Waals surface area (Å²) in [5.41, 5.74) is 8.44. The van der Waals surface area contributed by atoms with E-state index in [4.69, 9.17) is 17.4 Å². The number of nitrogens with two attached hydrogens (primary N) is 1. The van der Waals surface area contributed by atoms with Gasteiger partial charge in [0.25, 0.3) is 0 Å². The molecule has 21 heavy (non-hydrogen) atoms. The van der Waals surface area contributed by atoms with E-state index < -0.39 is 0 Å². The van der Waals surface area contributed by atoms with Gasteiger partial charge in [-0.1, -0.05) is 29.8 Å². The van der Waals surface area contributed by atoms with Gasteiger partial charge in [0.1, 0.15) is 0 Å². The molecular formula is C17H18ClIN2. The highest BCUT2D eigenvalue weighted by Gasteiger charge is 2.16. The van der Waals surface area contributed by atoms with Crippen molar-refractivity contribution in [2.45, 2.75) is 31.7 Å². The summed E-state index contributed by atoms with van der Waals surface area (Å²) < 4.78 is 1.18. The van der Waals surface area contributed by atoms with Crippen LogP contribution in [-0.4, -0.2) is 0 Å². The second-order valence-electron chi connectivity index (χ2n) is 5.55. The first-order valence-electron chi connectivity index (χ1n) is 7.19. The Kier molecular flexibility index (Phi) is 4.84. The summed E-state index contributed by atoms with van der Waals surface area (Å²) in [6.45, 7) is 0. The summed E-state index contributed by atoms with van der Waals surface area (Å²) >= 11 is 8.46. The van der Waals surface area contributed by atoms with Crippen molar-refractivity contribution in [2.24, 2.45) is 5.84 Å². The van der Waals surface area contributed by atoms with Crippen LogP contribution in [0, 0.1) is 3.57 Å². The topological polar surface area (TPSA) is 38.0 Å². The highest BCUT2D eigenvalue weighted by Crippen LogP contribution is 2.28. The smallest absolute Gasteiger partial charge is 0.0511 e. The summed E-state index contributed by atoms with van der Waals surface area (Å²) in [6.07, 6.45) is 4.59. The van der Waals surface area contributed by atoms with Crippen LogP contribution in [-0.2, 0) is 19.3 Å². The van der Waals surface area contributed by atoms with Crippen LogP contribution in [0.15, 0.2) is 36.4 Å². The Labute approximate surface area is 144 Å². The number of benzene rings is 2. The third kappa shape index (κ3) is 3.42. The van der Waals surface area contributed by atoms with E-state index >= 15 is 0 Å². The van der Waals surface area contributed by atoms with Crippen molar-refractivity contribution in [3.8, 4) is 0 Å². The first-order valence-corrected chi connectivity index (χ1v) is 8.65. The fourth-order valence-electron chi connectivity index (χ4n) is 3.03. The van der Waals surface area contributed by atoms with Crippen LogP contribution in [0.25, 0.3) is 0 Å². The molecule has 0 aliphatic heterocycles. The molecule has 0 aromatic heterocycles. The van der Waals surface area contributed by atoms with Gasteiger partial charge in [-0.2, -0.15) is 0 Å². The van der Waals surface area contributed by atoms with Crippen LogP contribution in [0.2, 0.25) is 5.02 Å². The molecule has 2 aromatic rings. The SMILES string of the molecule is NNC(Cc1ccc2c(c1)CCC2)c1cc(Cl)ccc1I. The molecule has 0 bridgehead atoms. The molecule has 110 valence electrons. The normalized spacial score (nSPS) is 15.0. The molecule has 0 heterocycles. The maximum absolute atomic E-state index is 6.13. The standard InChI is InChI=1S/C17H18ClIN2/c18-14-6-7-16(19)15(10-14)17(21-20)9-11-4-5-12-2-1-3-13(12)8-11/h4-8,10,17,21H,1-3,9,20H2. The number of hydrazine groups is 1. The molecule has 0 radical (unpaired) electrons. The predicted octanol–water partition coefficient (Wildman–Crippen LogP) is 4.18. The molecule has 0 amide bonds. The number of aryl methyl sites for hydroxylation is 2. The van der Waals surface area contributed by atoms with Crippen molar-refractivity contribution in [3.63, 3.8) is 0 Å². The summed E-state index contributed by atoms with van der Waals surface area (Å²) in [7, 11) is 0. The largest absolute Gasteiger partial charge is 0.271 e. The lowest BCUT2D eigenvalue weighted by Crippen LogP contribution is -2.30. The fourth-order valence-corrected chi connectivity index (χ4v) is 3.92. The van der Waals surface area contributed by atoms with Gasteiger partial charge in [0.2, 0.25) is 0 Å². The number of rotatable bonds is 4. The molecule has 2 aromatic carbocycles. The van der Waals surface area contributed by atoms with Crippen LogP contribution in [0.4, 0.5) is 0 Å². The average Bonchev–Trinajstić information content (AvgIpc) is 2.95. The minimum absolute atomic E-state index is 0.0788. The molecule has 2 nitrogen and oxygen atoms in total. The van der Waals surface area contributed by atoms with Crippen LogP contribution in [0.3, 0.4) is 0 Å². The Morgan fingerprint density at radius 3 is 2.76 bits per heavy atom. The maximum Gasteiger partial charge on any atom is 0.0511 e.